The first-order valence-electron chi connectivity index (χ1n) is 11.5. The van der Waals surface area contributed by atoms with Crippen LogP contribution < -0.4 is 4.90 Å². The molecule has 0 saturated heterocycles. The molecule has 7 rings (SSSR count). The molecular formula is C31H23NS. The van der Waals surface area contributed by atoms with Crippen molar-refractivity contribution in [2.45, 2.75) is 23.1 Å². The minimum Gasteiger partial charge on any atom is -0.332 e. The number of rotatable bonds is 1. The lowest BCUT2D eigenvalue weighted by molar-refractivity contribution is 0.779. The monoisotopic (exact) mass is 441 g/mol. The number of thioether (sulfide) groups is 1. The van der Waals surface area contributed by atoms with Crippen LogP contribution in [-0.2, 0) is 0 Å². The molecule has 0 saturated carbocycles. The Bertz CT molecular complexity index is 1610. The standard InChI is InChI=1S/C31H23NS/c1-20-14-16-21(17-15-20)32-28-12-6-7-13-30(28)33-31-19-27-25-11-5-3-9-23(25)22-8-2-4-10-24(22)26(27)18-29(31)32/h2-19,28,30H,1H3. The minimum atomic E-state index is 0.305. The van der Waals surface area contributed by atoms with Gasteiger partial charge in [0.25, 0.3) is 0 Å². The minimum absolute atomic E-state index is 0.305. The maximum atomic E-state index is 2.54. The molecule has 2 aliphatic rings. The lowest BCUT2D eigenvalue weighted by Gasteiger charge is -2.42. The number of aryl methyl sites for hydroxylation is 1. The van der Waals surface area contributed by atoms with Crippen LogP contribution in [0.1, 0.15) is 5.56 Å². The Morgan fingerprint density at radius 2 is 1.21 bits per heavy atom. The van der Waals surface area contributed by atoms with Gasteiger partial charge < -0.3 is 4.90 Å². The number of nitrogens with zero attached hydrogens (tertiary/aromatic N) is 1. The van der Waals surface area contributed by atoms with Crippen molar-refractivity contribution in [2.75, 3.05) is 4.90 Å². The molecule has 33 heavy (non-hydrogen) atoms. The molecule has 0 radical (unpaired) electrons. The largest absolute Gasteiger partial charge is 0.332 e. The van der Waals surface area contributed by atoms with E-state index in [0.29, 0.717) is 11.3 Å². The van der Waals surface area contributed by atoms with Crippen molar-refractivity contribution in [3.63, 3.8) is 0 Å². The molecule has 0 aromatic heterocycles. The van der Waals surface area contributed by atoms with Gasteiger partial charge in [0.15, 0.2) is 0 Å². The SMILES string of the molecule is Cc1ccc(N2c3cc4c5ccccc5c5ccccc5c4cc3SC3C=CC=CC32)cc1. The van der Waals surface area contributed by atoms with Crippen molar-refractivity contribution >= 4 is 55.5 Å². The number of fused-ring (bicyclic) bond motifs is 8. The fourth-order valence-electron chi connectivity index (χ4n) is 5.44. The van der Waals surface area contributed by atoms with Gasteiger partial charge in [-0.1, -0.05) is 90.5 Å². The van der Waals surface area contributed by atoms with E-state index in [4.69, 9.17) is 0 Å². The lowest BCUT2D eigenvalue weighted by atomic mass is 9.93. The van der Waals surface area contributed by atoms with Crippen LogP contribution in [0.5, 0.6) is 0 Å². The zero-order chi connectivity index (χ0) is 21.9. The average Bonchev–Trinajstić information content (AvgIpc) is 2.87. The Morgan fingerprint density at radius 3 is 1.88 bits per heavy atom. The summed E-state index contributed by atoms with van der Waals surface area (Å²) in [6, 6.07) is 31.8. The van der Waals surface area contributed by atoms with Gasteiger partial charge in [-0.15, -0.1) is 11.8 Å². The Balaban J connectivity index is 1.58. The molecule has 0 bridgehead atoms. The van der Waals surface area contributed by atoms with E-state index in [2.05, 4.69) is 121 Å². The van der Waals surface area contributed by atoms with Crippen LogP contribution in [0.15, 0.2) is 114 Å². The maximum absolute atomic E-state index is 2.54. The average molecular weight is 442 g/mol. The van der Waals surface area contributed by atoms with Crippen LogP contribution >= 0.6 is 11.8 Å². The smallest absolute Gasteiger partial charge is 0.0683 e. The highest BCUT2D eigenvalue weighted by atomic mass is 32.2. The highest BCUT2D eigenvalue weighted by Crippen LogP contribution is 2.50. The number of anilines is 2. The third-order valence-electron chi connectivity index (χ3n) is 7.01. The maximum Gasteiger partial charge on any atom is 0.0683 e. The van der Waals surface area contributed by atoms with E-state index in [-0.39, 0.29) is 0 Å². The second-order valence-corrected chi connectivity index (χ2v) is 10.2. The molecule has 1 nitrogen and oxygen atoms in total. The molecule has 2 heteroatoms. The van der Waals surface area contributed by atoms with E-state index < -0.39 is 0 Å². The molecule has 2 atom stereocenters. The molecular weight excluding hydrogens is 418 g/mol. The zero-order valence-corrected chi connectivity index (χ0v) is 19.2. The number of allylic oxidation sites excluding steroid dienone is 2. The second kappa shape index (κ2) is 7.26. The summed E-state index contributed by atoms with van der Waals surface area (Å²) in [7, 11) is 0. The van der Waals surface area contributed by atoms with Crippen molar-refractivity contribution in [3.8, 4) is 0 Å². The first-order valence-corrected chi connectivity index (χ1v) is 12.4. The third-order valence-corrected chi connectivity index (χ3v) is 8.30. The van der Waals surface area contributed by atoms with Crippen molar-refractivity contribution in [1.29, 1.82) is 0 Å². The molecule has 1 aliphatic heterocycles. The highest BCUT2D eigenvalue weighted by molar-refractivity contribution is 8.00. The molecule has 5 aromatic carbocycles. The van der Waals surface area contributed by atoms with Crippen LogP contribution in [-0.4, -0.2) is 11.3 Å². The summed E-state index contributed by atoms with van der Waals surface area (Å²) in [4.78, 5) is 3.89. The van der Waals surface area contributed by atoms with Crippen LogP contribution in [0.3, 0.4) is 0 Å². The van der Waals surface area contributed by atoms with Crippen molar-refractivity contribution in [2.24, 2.45) is 0 Å². The van der Waals surface area contributed by atoms with Gasteiger partial charge in [0.1, 0.15) is 0 Å². The molecule has 0 fully saturated rings. The summed E-state index contributed by atoms with van der Waals surface area (Å²) in [6.07, 6.45) is 9.08. The topological polar surface area (TPSA) is 3.24 Å². The van der Waals surface area contributed by atoms with Gasteiger partial charge in [-0.05, 0) is 63.5 Å². The Hall–Kier alpha value is -3.49. The first-order chi connectivity index (χ1) is 16.3. The zero-order valence-electron chi connectivity index (χ0n) is 18.4. The molecule has 0 N–H and O–H groups in total. The van der Waals surface area contributed by atoms with Gasteiger partial charge in [0.05, 0.1) is 17.0 Å². The van der Waals surface area contributed by atoms with Crippen molar-refractivity contribution in [1.82, 2.24) is 0 Å². The summed E-state index contributed by atoms with van der Waals surface area (Å²) in [6.45, 7) is 2.15. The van der Waals surface area contributed by atoms with Crippen molar-refractivity contribution in [3.05, 3.63) is 115 Å². The van der Waals surface area contributed by atoms with E-state index in [1.165, 1.54) is 54.2 Å². The molecule has 0 amide bonds. The van der Waals surface area contributed by atoms with Gasteiger partial charge in [-0.2, -0.15) is 0 Å². The number of hydrogen-bond donors (Lipinski definition) is 0. The van der Waals surface area contributed by atoms with Gasteiger partial charge in [0, 0.05) is 10.6 Å². The van der Waals surface area contributed by atoms with E-state index in [1.54, 1.807) is 0 Å². The van der Waals surface area contributed by atoms with E-state index >= 15 is 0 Å². The Labute approximate surface area is 198 Å². The molecule has 1 heterocycles. The van der Waals surface area contributed by atoms with Crippen molar-refractivity contribution < 1.29 is 0 Å². The molecule has 158 valence electrons. The molecule has 5 aromatic rings. The fourth-order valence-corrected chi connectivity index (χ4v) is 6.72. The second-order valence-electron chi connectivity index (χ2n) is 9.01. The lowest BCUT2D eigenvalue weighted by Crippen LogP contribution is -2.41. The van der Waals surface area contributed by atoms with Crippen LogP contribution in [0.2, 0.25) is 0 Å². The first kappa shape index (κ1) is 19.0. The number of hydrogen-bond acceptors (Lipinski definition) is 2. The fraction of sp³-hybridized carbons (Fsp3) is 0.0968. The van der Waals surface area contributed by atoms with Crippen LogP contribution in [0, 0.1) is 6.92 Å². The van der Waals surface area contributed by atoms with Crippen LogP contribution in [0.25, 0.3) is 32.3 Å². The highest BCUT2D eigenvalue weighted by Gasteiger charge is 2.34. The summed E-state index contributed by atoms with van der Waals surface area (Å²) >= 11 is 1.99. The normalized spacial score (nSPS) is 19.2. The van der Waals surface area contributed by atoms with E-state index in [0.717, 1.165) is 0 Å². The van der Waals surface area contributed by atoms with Gasteiger partial charge in [0.2, 0.25) is 0 Å². The quantitative estimate of drug-likeness (QED) is 0.240. The predicted octanol–water partition coefficient (Wildman–Crippen LogP) is 8.56. The van der Waals surface area contributed by atoms with Crippen LogP contribution in [0.4, 0.5) is 11.4 Å². The van der Waals surface area contributed by atoms with E-state index in [9.17, 15) is 0 Å². The van der Waals surface area contributed by atoms with Gasteiger partial charge in [-0.25, -0.2) is 0 Å². The molecule has 2 unspecified atom stereocenters. The Kier molecular flexibility index (Phi) is 4.19. The summed E-state index contributed by atoms with van der Waals surface area (Å²) in [5.41, 5.74) is 3.84. The molecule has 1 aliphatic carbocycles. The van der Waals surface area contributed by atoms with Gasteiger partial charge in [-0.3, -0.25) is 0 Å². The van der Waals surface area contributed by atoms with E-state index in [1.807, 2.05) is 11.8 Å². The molecule has 0 spiro atoms. The summed E-state index contributed by atoms with van der Waals surface area (Å²) in [5.74, 6) is 0. The number of benzene rings is 5. The predicted molar refractivity (Wildman–Crippen MR) is 144 cm³/mol. The third kappa shape index (κ3) is 2.87. The summed E-state index contributed by atoms with van der Waals surface area (Å²) in [5, 5.41) is 8.37. The summed E-state index contributed by atoms with van der Waals surface area (Å²) < 4.78 is 0. The van der Waals surface area contributed by atoms with Gasteiger partial charge >= 0.3 is 0 Å². The Morgan fingerprint density at radius 1 is 0.636 bits per heavy atom.